The highest BCUT2D eigenvalue weighted by Gasteiger charge is 2.11. The molecule has 1 amide bonds. The second kappa shape index (κ2) is 6.31. The summed E-state index contributed by atoms with van der Waals surface area (Å²) in [6.07, 6.45) is -0.738. The molecule has 0 fully saturated rings. The van der Waals surface area contributed by atoms with Gasteiger partial charge in [0.05, 0.1) is 6.61 Å². The quantitative estimate of drug-likeness (QED) is 0.488. The molecule has 0 spiro atoms. The van der Waals surface area contributed by atoms with Gasteiger partial charge in [0.2, 0.25) is 0 Å². The van der Waals surface area contributed by atoms with Crippen molar-refractivity contribution in [2.45, 2.75) is 12.7 Å². The molecule has 4 nitrogen and oxygen atoms in total. The lowest BCUT2D eigenvalue weighted by atomic mass is 10.2. The van der Waals surface area contributed by atoms with Crippen molar-refractivity contribution in [1.29, 1.82) is 0 Å². The lowest BCUT2D eigenvalue weighted by Crippen LogP contribution is -2.21. The molecule has 0 atom stereocenters. The van der Waals surface area contributed by atoms with E-state index >= 15 is 0 Å². The van der Waals surface area contributed by atoms with Gasteiger partial charge in [-0.25, -0.2) is 4.79 Å². The van der Waals surface area contributed by atoms with Crippen LogP contribution in [0.3, 0.4) is 0 Å². The monoisotopic (exact) mass is 227 g/mol. The van der Waals surface area contributed by atoms with E-state index in [-0.39, 0.29) is 6.61 Å². The predicted molar refractivity (Wildman–Crippen MR) is 58.4 cm³/mol. The summed E-state index contributed by atoms with van der Waals surface area (Å²) in [4.78, 5) is 11.0. The topological polar surface area (TPSA) is 49.8 Å². The van der Waals surface area contributed by atoms with Crippen LogP contribution in [-0.4, -0.2) is 22.4 Å². The largest absolute Gasteiger partial charge is 0.448 e. The normalized spacial score (nSPS) is 9.73. The molecule has 0 aliphatic carbocycles. The molecule has 0 saturated carbocycles. The van der Waals surface area contributed by atoms with Gasteiger partial charge < -0.3 is 4.74 Å². The van der Waals surface area contributed by atoms with Crippen LogP contribution in [0.1, 0.15) is 12.5 Å². The number of hydroxylamine groups is 1. The Kier molecular flexibility index (Phi) is 5.00. The van der Waals surface area contributed by atoms with E-state index in [1.54, 1.807) is 6.92 Å². The number of carbonyl (C=O) groups excluding carboxylic acids is 1. The zero-order valence-corrected chi connectivity index (χ0v) is 9.24. The lowest BCUT2D eigenvalue weighted by Gasteiger charge is -2.12. The van der Waals surface area contributed by atoms with E-state index in [2.05, 4.69) is 4.74 Å². The van der Waals surface area contributed by atoms with Crippen LogP contribution in [0.2, 0.25) is 0 Å². The molecular formula is C10H13NO3S. The Bertz CT molecular complexity index is 305. The number of amides is 1. The number of rotatable bonds is 4. The third-order valence-electron chi connectivity index (χ3n) is 1.62. The predicted octanol–water partition coefficient (Wildman–Crippen LogP) is 2.68. The van der Waals surface area contributed by atoms with Gasteiger partial charge in [-0.1, -0.05) is 30.3 Å². The van der Waals surface area contributed by atoms with Gasteiger partial charge in [0.1, 0.15) is 0 Å². The summed E-state index contributed by atoms with van der Waals surface area (Å²) in [5.74, 6) is 0.524. The minimum atomic E-state index is -0.738. The Balaban J connectivity index is 2.34. The molecule has 0 bridgehead atoms. The number of hydrogen-bond donors (Lipinski definition) is 1. The fourth-order valence-electron chi connectivity index (χ4n) is 0.941. The average molecular weight is 227 g/mol. The van der Waals surface area contributed by atoms with Crippen LogP contribution in [-0.2, 0) is 10.5 Å². The Morgan fingerprint density at radius 1 is 1.47 bits per heavy atom. The van der Waals surface area contributed by atoms with Gasteiger partial charge in [-0.2, -0.15) is 0 Å². The molecule has 5 heteroatoms. The number of hydrogen-bond acceptors (Lipinski definition) is 4. The fraction of sp³-hybridized carbons (Fsp3) is 0.300. The molecular weight excluding hydrogens is 214 g/mol. The Morgan fingerprint density at radius 2 is 2.13 bits per heavy atom. The van der Waals surface area contributed by atoms with Crippen LogP contribution in [0.15, 0.2) is 30.3 Å². The highest BCUT2D eigenvalue weighted by atomic mass is 32.2. The first-order chi connectivity index (χ1) is 7.24. The molecule has 1 rings (SSSR count). The van der Waals surface area contributed by atoms with Crippen molar-refractivity contribution in [2.24, 2.45) is 0 Å². The highest BCUT2D eigenvalue weighted by molar-refractivity contribution is 7.96. The van der Waals surface area contributed by atoms with Crippen molar-refractivity contribution in [2.75, 3.05) is 6.61 Å². The summed E-state index contributed by atoms with van der Waals surface area (Å²) in [7, 11) is 0. The molecule has 0 aromatic heterocycles. The Labute approximate surface area is 92.9 Å². The van der Waals surface area contributed by atoms with E-state index in [0.29, 0.717) is 10.2 Å². The van der Waals surface area contributed by atoms with Crippen LogP contribution in [0.25, 0.3) is 0 Å². The van der Waals surface area contributed by atoms with Crippen molar-refractivity contribution in [3.63, 3.8) is 0 Å². The van der Waals surface area contributed by atoms with Crippen molar-refractivity contribution < 1.29 is 14.7 Å². The minimum absolute atomic E-state index is 0.252. The van der Waals surface area contributed by atoms with E-state index in [0.717, 1.165) is 17.5 Å². The van der Waals surface area contributed by atoms with Crippen molar-refractivity contribution >= 4 is 18.0 Å². The lowest BCUT2D eigenvalue weighted by molar-refractivity contribution is 0.00834. The van der Waals surface area contributed by atoms with Crippen LogP contribution >= 0.6 is 11.9 Å². The summed E-state index contributed by atoms with van der Waals surface area (Å²) >= 11 is 0.992. The summed E-state index contributed by atoms with van der Waals surface area (Å²) in [6, 6.07) is 9.57. The van der Waals surface area contributed by atoms with E-state index in [4.69, 9.17) is 0 Å². The molecule has 1 aromatic rings. The molecule has 0 radical (unpaired) electrons. The number of ether oxygens (including phenoxy) is 1. The standard InChI is InChI=1S/C10H13NO3S/c1-2-14-10(12)11(13)15-8-9-6-4-3-5-7-9/h3-7,13H,2,8H2,1H3. The Hall–Kier alpha value is -1.20. The highest BCUT2D eigenvalue weighted by Crippen LogP contribution is 2.15. The second-order valence-corrected chi connectivity index (χ2v) is 3.62. The molecule has 0 aliphatic rings. The number of carbonyl (C=O) groups is 1. The molecule has 0 aliphatic heterocycles. The fourth-order valence-corrected chi connectivity index (χ4v) is 1.56. The van der Waals surface area contributed by atoms with Gasteiger partial charge in [-0.3, -0.25) is 5.21 Å². The van der Waals surface area contributed by atoms with E-state index in [1.165, 1.54) is 0 Å². The first-order valence-electron chi connectivity index (χ1n) is 4.56. The van der Waals surface area contributed by atoms with E-state index in [1.807, 2.05) is 30.3 Å². The van der Waals surface area contributed by atoms with Gasteiger partial charge in [0.25, 0.3) is 0 Å². The van der Waals surface area contributed by atoms with Gasteiger partial charge in [-0.15, -0.1) is 4.47 Å². The molecule has 0 unspecified atom stereocenters. The number of nitrogens with zero attached hydrogens (tertiary/aromatic N) is 1. The molecule has 82 valence electrons. The molecule has 0 heterocycles. The summed E-state index contributed by atoms with van der Waals surface area (Å²) in [5.41, 5.74) is 1.03. The van der Waals surface area contributed by atoms with Crippen LogP contribution in [0, 0.1) is 0 Å². The summed E-state index contributed by atoms with van der Waals surface area (Å²) in [6.45, 7) is 1.94. The van der Waals surface area contributed by atoms with Gasteiger partial charge in [-0.05, 0) is 24.4 Å². The minimum Gasteiger partial charge on any atom is -0.448 e. The summed E-state index contributed by atoms with van der Waals surface area (Å²) in [5, 5.41) is 9.23. The van der Waals surface area contributed by atoms with E-state index in [9.17, 15) is 10.0 Å². The van der Waals surface area contributed by atoms with Gasteiger partial charge in [0, 0.05) is 5.75 Å². The third-order valence-corrected chi connectivity index (χ3v) is 2.48. The SMILES string of the molecule is CCOC(=O)N(O)SCc1ccccc1. The zero-order chi connectivity index (χ0) is 11.1. The van der Waals surface area contributed by atoms with Crippen molar-refractivity contribution in [1.82, 2.24) is 4.47 Å². The summed E-state index contributed by atoms with van der Waals surface area (Å²) < 4.78 is 5.12. The maximum Gasteiger partial charge on any atom is 0.444 e. The molecule has 1 N–H and O–H groups in total. The third kappa shape index (κ3) is 4.22. The van der Waals surface area contributed by atoms with Crippen LogP contribution in [0.4, 0.5) is 4.79 Å². The first kappa shape index (κ1) is 11.9. The smallest absolute Gasteiger partial charge is 0.444 e. The van der Waals surface area contributed by atoms with Gasteiger partial charge in [0.15, 0.2) is 0 Å². The molecule has 15 heavy (non-hydrogen) atoms. The second-order valence-electron chi connectivity index (χ2n) is 2.73. The zero-order valence-electron chi connectivity index (χ0n) is 8.42. The van der Waals surface area contributed by atoms with E-state index < -0.39 is 6.09 Å². The van der Waals surface area contributed by atoms with Crippen LogP contribution < -0.4 is 0 Å². The maximum absolute atomic E-state index is 11.0. The van der Waals surface area contributed by atoms with Crippen molar-refractivity contribution in [3.8, 4) is 0 Å². The average Bonchev–Trinajstić information content (AvgIpc) is 2.27. The number of benzene rings is 1. The van der Waals surface area contributed by atoms with Gasteiger partial charge >= 0.3 is 6.09 Å². The molecule has 1 aromatic carbocycles. The molecule has 0 saturated heterocycles. The maximum atomic E-state index is 11.0. The first-order valence-corrected chi connectivity index (χ1v) is 5.51. The van der Waals surface area contributed by atoms with Crippen molar-refractivity contribution in [3.05, 3.63) is 35.9 Å². The van der Waals surface area contributed by atoms with Crippen LogP contribution in [0.5, 0.6) is 0 Å². The Morgan fingerprint density at radius 3 is 2.73 bits per heavy atom.